The van der Waals surface area contributed by atoms with Crippen molar-refractivity contribution in [2.75, 3.05) is 4.90 Å². The Bertz CT molecular complexity index is 1090. The number of amides is 1. The lowest BCUT2D eigenvalue weighted by Gasteiger charge is -2.14. The molecule has 134 valence electrons. The van der Waals surface area contributed by atoms with Gasteiger partial charge < -0.3 is 4.42 Å². The summed E-state index contributed by atoms with van der Waals surface area (Å²) in [7, 11) is 0. The van der Waals surface area contributed by atoms with Crippen LogP contribution in [0.1, 0.15) is 11.3 Å². The van der Waals surface area contributed by atoms with E-state index in [0.29, 0.717) is 25.8 Å². The first-order valence-electron chi connectivity index (χ1n) is 8.22. The monoisotopic (exact) mass is 411 g/mol. The van der Waals surface area contributed by atoms with Crippen LogP contribution in [0.4, 0.5) is 5.69 Å². The maximum atomic E-state index is 12.8. The largest absolute Gasteiger partial charge is 0.457 e. The van der Waals surface area contributed by atoms with Crippen molar-refractivity contribution in [2.45, 2.75) is 6.92 Å². The molecule has 0 unspecified atom stereocenters. The first kappa shape index (κ1) is 18.0. The van der Waals surface area contributed by atoms with Crippen molar-refractivity contribution in [3.63, 3.8) is 0 Å². The standard InChI is InChI=1S/C21H14ClNO2S2/c1-13-4-2-7-16(10-13)23-20(24)19(27-21(23)26)12-17-8-9-18(25-17)14-5-3-6-15(22)11-14/h2-12H,1H3/b19-12+. The fourth-order valence-corrected chi connectivity index (χ4v) is 4.28. The normalized spacial score (nSPS) is 15.8. The predicted molar refractivity (Wildman–Crippen MR) is 116 cm³/mol. The molecule has 27 heavy (non-hydrogen) atoms. The molecule has 2 aromatic carbocycles. The lowest BCUT2D eigenvalue weighted by molar-refractivity contribution is -0.113. The van der Waals surface area contributed by atoms with E-state index < -0.39 is 0 Å². The number of aryl methyl sites for hydroxylation is 1. The zero-order valence-electron chi connectivity index (χ0n) is 14.3. The highest BCUT2D eigenvalue weighted by Crippen LogP contribution is 2.37. The molecule has 0 bridgehead atoms. The van der Waals surface area contributed by atoms with Crippen LogP contribution in [0.2, 0.25) is 5.02 Å². The summed E-state index contributed by atoms with van der Waals surface area (Å²) in [6, 6.07) is 18.8. The quantitative estimate of drug-likeness (QED) is 0.373. The molecule has 0 spiro atoms. The van der Waals surface area contributed by atoms with Gasteiger partial charge in [-0.2, -0.15) is 0 Å². The molecule has 1 fully saturated rings. The number of thiocarbonyl (C=S) groups is 1. The molecule has 3 nitrogen and oxygen atoms in total. The second-order valence-electron chi connectivity index (χ2n) is 6.07. The molecule has 1 aliphatic rings. The smallest absolute Gasteiger partial charge is 0.270 e. The minimum Gasteiger partial charge on any atom is -0.457 e. The summed E-state index contributed by atoms with van der Waals surface area (Å²) >= 11 is 12.7. The average molecular weight is 412 g/mol. The Kier molecular flexibility index (Phi) is 4.91. The molecule has 4 rings (SSSR count). The summed E-state index contributed by atoms with van der Waals surface area (Å²) in [5.74, 6) is 1.14. The van der Waals surface area contributed by atoms with Gasteiger partial charge in [0.2, 0.25) is 0 Å². The van der Waals surface area contributed by atoms with Crippen LogP contribution in [0.25, 0.3) is 17.4 Å². The summed E-state index contributed by atoms with van der Waals surface area (Å²) in [5, 5.41) is 0.643. The number of carbonyl (C=O) groups is 1. The van der Waals surface area contributed by atoms with Gasteiger partial charge >= 0.3 is 0 Å². The Morgan fingerprint density at radius 2 is 1.93 bits per heavy atom. The minimum atomic E-state index is -0.142. The van der Waals surface area contributed by atoms with Crippen molar-refractivity contribution in [2.24, 2.45) is 0 Å². The molecule has 6 heteroatoms. The lowest BCUT2D eigenvalue weighted by atomic mass is 10.2. The van der Waals surface area contributed by atoms with Crippen molar-refractivity contribution < 1.29 is 9.21 Å². The van der Waals surface area contributed by atoms with Crippen LogP contribution >= 0.6 is 35.6 Å². The van der Waals surface area contributed by atoms with Crippen LogP contribution in [0.3, 0.4) is 0 Å². The van der Waals surface area contributed by atoms with Crippen molar-refractivity contribution in [3.8, 4) is 11.3 Å². The van der Waals surface area contributed by atoms with Gasteiger partial charge in [0, 0.05) is 16.7 Å². The maximum absolute atomic E-state index is 12.8. The number of carbonyl (C=O) groups excluding carboxylic acids is 1. The molecular weight excluding hydrogens is 398 g/mol. The fourth-order valence-electron chi connectivity index (χ4n) is 2.81. The van der Waals surface area contributed by atoms with E-state index in [2.05, 4.69) is 0 Å². The summed E-state index contributed by atoms with van der Waals surface area (Å²) in [6.45, 7) is 1.98. The van der Waals surface area contributed by atoms with Gasteiger partial charge in [-0.3, -0.25) is 9.69 Å². The summed E-state index contributed by atoms with van der Waals surface area (Å²) < 4.78 is 6.38. The Morgan fingerprint density at radius 3 is 2.70 bits per heavy atom. The lowest BCUT2D eigenvalue weighted by Crippen LogP contribution is -2.27. The number of benzene rings is 2. The number of halogens is 1. The van der Waals surface area contributed by atoms with E-state index in [1.807, 2.05) is 67.6 Å². The fraction of sp³-hybridized carbons (Fsp3) is 0.0476. The van der Waals surface area contributed by atoms with Gasteiger partial charge in [0.05, 0.1) is 10.6 Å². The second kappa shape index (κ2) is 7.35. The van der Waals surface area contributed by atoms with Gasteiger partial charge in [-0.15, -0.1) is 0 Å². The molecule has 0 atom stereocenters. The average Bonchev–Trinajstić information content (AvgIpc) is 3.20. The molecule has 0 saturated carbocycles. The molecule has 0 aliphatic carbocycles. The molecule has 1 aromatic heterocycles. The van der Waals surface area contributed by atoms with Crippen LogP contribution in [-0.4, -0.2) is 10.2 Å². The Hall–Kier alpha value is -2.34. The summed E-state index contributed by atoms with van der Waals surface area (Å²) in [4.78, 5) is 14.9. The zero-order valence-corrected chi connectivity index (χ0v) is 16.7. The first-order valence-corrected chi connectivity index (χ1v) is 9.82. The van der Waals surface area contributed by atoms with Crippen molar-refractivity contribution in [1.82, 2.24) is 0 Å². The van der Waals surface area contributed by atoms with E-state index in [0.717, 1.165) is 16.8 Å². The van der Waals surface area contributed by atoms with Crippen molar-refractivity contribution in [3.05, 3.63) is 81.9 Å². The van der Waals surface area contributed by atoms with Gasteiger partial charge in [-0.1, -0.05) is 59.8 Å². The van der Waals surface area contributed by atoms with Gasteiger partial charge in [-0.05, 0) is 48.9 Å². The Balaban J connectivity index is 1.62. The van der Waals surface area contributed by atoms with Crippen molar-refractivity contribution >= 4 is 57.6 Å². The molecule has 1 saturated heterocycles. The molecule has 1 amide bonds. The molecule has 0 radical (unpaired) electrons. The molecule has 0 N–H and O–H groups in total. The third-order valence-corrected chi connectivity index (χ3v) is 5.60. The van der Waals surface area contributed by atoms with Crippen molar-refractivity contribution in [1.29, 1.82) is 0 Å². The number of anilines is 1. The van der Waals surface area contributed by atoms with E-state index in [1.165, 1.54) is 11.8 Å². The van der Waals surface area contributed by atoms with Crippen LogP contribution < -0.4 is 4.90 Å². The topological polar surface area (TPSA) is 33.5 Å². The summed E-state index contributed by atoms with van der Waals surface area (Å²) in [5.41, 5.74) is 2.73. The highest BCUT2D eigenvalue weighted by molar-refractivity contribution is 8.27. The number of rotatable bonds is 3. The first-order chi connectivity index (χ1) is 13.0. The molecular formula is C21H14ClNO2S2. The van der Waals surface area contributed by atoms with E-state index in [4.69, 9.17) is 28.2 Å². The molecule has 3 aromatic rings. The Morgan fingerprint density at radius 1 is 1.11 bits per heavy atom. The highest BCUT2D eigenvalue weighted by Gasteiger charge is 2.33. The predicted octanol–water partition coefficient (Wildman–Crippen LogP) is 6.31. The SMILES string of the molecule is Cc1cccc(N2C(=O)/C(=C\c3ccc(-c4cccc(Cl)c4)o3)SC2=S)c1. The number of furan rings is 1. The Labute approximate surface area is 171 Å². The second-order valence-corrected chi connectivity index (χ2v) is 8.18. The zero-order chi connectivity index (χ0) is 19.0. The summed E-state index contributed by atoms with van der Waals surface area (Å²) in [6.07, 6.45) is 1.73. The number of hydrogen-bond acceptors (Lipinski definition) is 4. The van der Waals surface area contributed by atoms with E-state index >= 15 is 0 Å². The minimum absolute atomic E-state index is 0.142. The molecule has 1 aliphatic heterocycles. The number of nitrogens with zero attached hydrogens (tertiary/aromatic N) is 1. The van der Waals surface area contributed by atoms with Crippen LogP contribution in [-0.2, 0) is 4.79 Å². The van der Waals surface area contributed by atoms with Gasteiger partial charge in [-0.25, -0.2) is 0 Å². The number of hydrogen-bond donors (Lipinski definition) is 0. The van der Waals surface area contributed by atoms with Crippen LogP contribution in [0.15, 0.2) is 70.0 Å². The van der Waals surface area contributed by atoms with E-state index in [9.17, 15) is 4.79 Å². The highest BCUT2D eigenvalue weighted by atomic mass is 35.5. The molecule has 2 heterocycles. The maximum Gasteiger partial charge on any atom is 0.270 e. The van der Waals surface area contributed by atoms with Gasteiger partial charge in [0.15, 0.2) is 4.32 Å². The number of thioether (sulfide) groups is 1. The third-order valence-electron chi connectivity index (χ3n) is 4.06. The van der Waals surface area contributed by atoms with Gasteiger partial charge in [0.1, 0.15) is 11.5 Å². The van der Waals surface area contributed by atoms with Gasteiger partial charge in [0.25, 0.3) is 5.91 Å². The third kappa shape index (κ3) is 3.72. The van der Waals surface area contributed by atoms with E-state index in [1.54, 1.807) is 11.0 Å². The van der Waals surface area contributed by atoms with Crippen LogP contribution in [0.5, 0.6) is 0 Å². The van der Waals surface area contributed by atoms with Crippen LogP contribution in [0, 0.1) is 6.92 Å². The van der Waals surface area contributed by atoms with E-state index in [-0.39, 0.29) is 5.91 Å².